The van der Waals surface area contributed by atoms with Crippen LogP contribution in [0.5, 0.6) is 0 Å². The Labute approximate surface area is 161 Å². The largest absolute Gasteiger partial charge is 0.465 e. The van der Waals surface area contributed by atoms with Gasteiger partial charge in [0.05, 0.1) is 31.1 Å². The van der Waals surface area contributed by atoms with Gasteiger partial charge < -0.3 is 19.7 Å². The van der Waals surface area contributed by atoms with Crippen molar-refractivity contribution in [3.63, 3.8) is 0 Å². The molecule has 2 fully saturated rings. The standard InChI is InChI=1S/C20H21FN2O5/c1-3-27-15(24)9-23-10-20-7-6-14(28-20)16(17(20)19(23)26)18(25)22-12-4-5-13(21)11(2)8-12/h4-8,14,16-17H,3,9-10H2,1-2H3,(H,22,25)/t14-,16+,17-,20-/m1/s1. The number of carbonyl (C=O) groups excluding carboxylic acids is 3. The third kappa shape index (κ3) is 2.88. The molecule has 0 radical (unpaired) electrons. The number of aryl methyl sites for hydroxylation is 1. The Morgan fingerprint density at radius 1 is 1.43 bits per heavy atom. The minimum Gasteiger partial charge on any atom is -0.465 e. The zero-order valence-corrected chi connectivity index (χ0v) is 15.6. The molecule has 1 spiro atoms. The van der Waals surface area contributed by atoms with E-state index in [0.717, 1.165) is 0 Å². The lowest BCUT2D eigenvalue weighted by Gasteiger charge is -2.23. The molecule has 1 aromatic rings. The number of nitrogens with zero attached hydrogens (tertiary/aromatic N) is 1. The molecule has 3 aliphatic rings. The summed E-state index contributed by atoms with van der Waals surface area (Å²) in [5.74, 6) is -2.92. The van der Waals surface area contributed by atoms with Gasteiger partial charge in [0, 0.05) is 5.69 Å². The van der Waals surface area contributed by atoms with Gasteiger partial charge in [-0.15, -0.1) is 0 Å². The van der Waals surface area contributed by atoms with Crippen molar-refractivity contribution in [2.45, 2.75) is 25.6 Å². The smallest absolute Gasteiger partial charge is 0.325 e. The molecular weight excluding hydrogens is 367 g/mol. The SMILES string of the molecule is CCOC(=O)CN1C[C@@]23C=C[C@@H](O2)[C@H](C(=O)Nc2ccc(F)c(C)c2)[C@@H]3C1=O. The van der Waals surface area contributed by atoms with Gasteiger partial charge in [-0.25, -0.2) is 4.39 Å². The summed E-state index contributed by atoms with van der Waals surface area (Å²) in [5.41, 5.74) is -0.0240. The fraction of sp³-hybridized carbons (Fsp3) is 0.450. The average molecular weight is 388 g/mol. The van der Waals surface area contributed by atoms with E-state index >= 15 is 0 Å². The third-order valence-corrected chi connectivity index (χ3v) is 5.53. The number of fused-ring (bicyclic) bond motifs is 1. The number of anilines is 1. The van der Waals surface area contributed by atoms with Gasteiger partial charge in [-0.3, -0.25) is 14.4 Å². The van der Waals surface area contributed by atoms with E-state index < -0.39 is 29.5 Å². The highest BCUT2D eigenvalue weighted by Gasteiger charge is 2.66. The first kappa shape index (κ1) is 18.6. The number of hydrogen-bond donors (Lipinski definition) is 1. The van der Waals surface area contributed by atoms with Crippen LogP contribution in [0.2, 0.25) is 0 Å². The van der Waals surface area contributed by atoms with Crippen LogP contribution in [0, 0.1) is 24.6 Å². The molecule has 0 aliphatic carbocycles. The molecule has 148 valence electrons. The van der Waals surface area contributed by atoms with E-state index in [2.05, 4.69) is 5.32 Å². The maximum Gasteiger partial charge on any atom is 0.325 e. The summed E-state index contributed by atoms with van der Waals surface area (Å²) >= 11 is 0. The summed E-state index contributed by atoms with van der Waals surface area (Å²) in [6.45, 7) is 3.58. The van der Waals surface area contributed by atoms with Crippen molar-refractivity contribution >= 4 is 23.5 Å². The number of carbonyl (C=O) groups is 3. The summed E-state index contributed by atoms with van der Waals surface area (Å²) in [6.07, 6.45) is 3.11. The number of benzene rings is 1. The molecule has 2 amide bonds. The van der Waals surface area contributed by atoms with Crippen LogP contribution in [0.3, 0.4) is 0 Å². The molecule has 0 unspecified atom stereocenters. The van der Waals surface area contributed by atoms with Gasteiger partial charge in [0.1, 0.15) is 18.0 Å². The molecule has 1 aromatic carbocycles. The minimum absolute atomic E-state index is 0.168. The van der Waals surface area contributed by atoms with Crippen molar-refractivity contribution in [2.75, 3.05) is 25.0 Å². The predicted octanol–water partition coefficient (Wildman–Crippen LogP) is 1.42. The van der Waals surface area contributed by atoms with Gasteiger partial charge in [0.15, 0.2) is 0 Å². The van der Waals surface area contributed by atoms with Crippen molar-refractivity contribution in [3.8, 4) is 0 Å². The topological polar surface area (TPSA) is 84.9 Å². The molecule has 4 rings (SSSR count). The monoisotopic (exact) mass is 388 g/mol. The molecule has 2 saturated heterocycles. The maximum absolute atomic E-state index is 13.5. The first-order valence-electron chi connectivity index (χ1n) is 9.23. The molecule has 3 heterocycles. The number of likely N-dealkylation sites (tertiary alicyclic amines) is 1. The number of esters is 1. The number of ether oxygens (including phenoxy) is 2. The highest BCUT2D eigenvalue weighted by molar-refractivity contribution is 5.99. The molecule has 2 bridgehead atoms. The predicted molar refractivity (Wildman–Crippen MR) is 96.7 cm³/mol. The second kappa shape index (κ2) is 6.70. The zero-order valence-electron chi connectivity index (χ0n) is 15.6. The van der Waals surface area contributed by atoms with E-state index in [9.17, 15) is 18.8 Å². The van der Waals surface area contributed by atoms with E-state index in [1.807, 2.05) is 6.08 Å². The summed E-state index contributed by atoms with van der Waals surface area (Å²) in [7, 11) is 0. The van der Waals surface area contributed by atoms with Gasteiger partial charge in [0.2, 0.25) is 11.8 Å². The van der Waals surface area contributed by atoms with Crippen LogP contribution in [-0.4, -0.2) is 54.1 Å². The Balaban J connectivity index is 1.53. The van der Waals surface area contributed by atoms with Crippen LogP contribution in [0.25, 0.3) is 0 Å². The second-order valence-corrected chi connectivity index (χ2v) is 7.35. The Morgan fingerprint density at radius 2 is 2.21 bits per heavy atom. The van der Waals surface area contributed by atoms with Crippen molar-refractivity contribution in [2.24, 2.45) is 11.8 Å². The van der Waals surface area contributed by atoms with Crippen LogP contribution < -0.4 is 5.32 Å². The Kier molecular flexibility index (Phi) is 4.45. The average Bonchev–Trinajstić information content (AvgIpc) is 3.27. The van der Waals surface area contributed by atoms with E-state index in [1.54, 1.807) is 19.9 Å². The fourth-order valence-corrected chi connectivity index (χ4v) is 4.32. The Hall–Kier alpha value is -2.74. The Morgan fingerprint density at radius 3 is 2.93 bits per heavy atom. The molecular formula is C20H21FN2O5. The fourth-order valence-electron chi connectivity index (χ4n) is 4.32. The number of amides is 2. The van der Waals surface area contributed by atoms with Crippen molar-refractivity contribution in [1.29, 1.82) is 0 Å². The molecule has 28 heavy (non-hydrogen) atoms. The van der Waals surface area contributed by atoms with Gasteiger partial charge in [-0.2, -0.15) is 0 Å². The van der Waals surface area contributed by atoms with Crippen molar-refractivity contribution in [1.82, 2.24) is 4.90 Å². The summed E-state index contributed by atoms with van der Waals surface area (Å²) in [5, 5.41) is 2.76. The highest BCUT2D eigenvalue weighted by atomic mass is 19.1. The lowest BCUT2D eigenvalue weighted by atomic mass is 9.77. The quantitative estimate of drug-likeness (QED) is 0.609. The molecule has 0 saturated carbocycles. The minimum atomic E-state index is -0.894. The molecule has 0 aromatic heterocycles. The molecule has 7 nitrogen and oxygen atoms in total. The summed E-state index contributed by atoms with van der Waals surface area (Å²) in [6, 6.07) is 4.30. The normalized spacial score (nSPS) is 29.9. The van der Waals surface area contributed by atoms with E-state index in [0.29, 0.717) is 11.3 Å². The second-order valence-electron chi connectivity index (χ2n) is 7.35. The van der Waals surface area contributed by atoms with Crippen LogP contribution >= 0.6 is 0 Å². The van der Waals surface area contributed by atoms with Crippen LogP contribution in [0.4, 0.5) is 10.1 Å². The lowest BCUT2D eigenvalue weighted by molar-refractivity contribution is -0.148. The Bertz CT molecular complexity index is 885. The van der Waals surface area contributed by atoms with Crippen molar-refractivity contribution < 1.29 is 28.2 Å². The highest BCUT2D eigenvalue weighted by Crippen LogP contribution is 2.52. The molecule has 4 atom stereocenters. The van der Waals surface area contributed by atoms with Gasteiger partial charge in [-0.05, 0) is 37.6 Å². The molecule has 1 N–H and O–H groups in total. The van der Waals surface area contributed by atoms with Gasteiger partial charge in [0.25, 0.3) is 0 Å². The first-order valence-corrected chi connectivity index (χ1v) is 9.23. The number of rotatable bonds is 5. The summed E-state index contributed by atoms with van der Waals surface area (Å²) in [4.78, 5) is 39.1. The number of halogens is 1. The lowest BCUT2D eigenvalue weighted by Crippen LogP contribution is -2.41. The van der Waals surface area contributed by atoms with Crippen LogP contribution in [0.1, 0.15) is 12.5 Å². The number of hydrogen-bond acceptors (Lipinski definition) is 5. The van der Waals surface area contributed by atoms with E-state index in [1.165, 1.54) is 23.1 Å². The van der Waals surface area contributed by atoms with E-state index in [4.69, 9.17) is 9.47 Å². The molecule has 8 heteroatoms. The maximum atomic E-state index is 13.5. The van der Waals surface area contributed by atoms with Crippen molar-refractivity contribution in [3.05, 3.63) is 41.7 Å². The zero-order chi connectivity index (χ0) is 20.1. The first-order chi connectivity index (χ1) is 13.3. The van der Waals surface area contributed by atoms with Crippen LogP contribution in [-0.2, 0) is 23.9 Å². The molecule has 3 aliphatic heterocycles. The van der Waals surface area contributed by atoms with Crippen LogP contribution in [0.15, 0.2) is 30.4 Å². The summed E-state index contributed by atoms with van der Waals surface area (Å²) < 4.78 is 24.4. The number of nitrogens with one attached hydrogen (secondary N) is 1. The third-order valence-electron chi connectivity index (χ3n) is 5.53. The van der Waals surface area contributed by atoms with E-state index in [-0.39, 0.29) is 37.3 Å². The van der Waals surface area contributed by atoms with Gasteiger partial charge >= 0.3 is 5.97 Å². The van der Waals surface area contributed by atoms with Gasteiger partial charge in [-0.1, -0.05) is 12.2 Å².